The second-order valence-corrected chi connectivity index (χ2v) is 6.52. The lowest BCUT2D eigenvalue weighted by Gasteiger charge is -2.31. The van der Waals surface area contributed by atoms with Gasteiger partial charge < -0.3 is 14.8 Å². The molecule has 0 aliphatic carbocycles. The summed E-state index contributed by atoms with van der Waals surface area (Å²) in [6.07, 6.45) is 2.44. The van der Waals surface area contributed by atoms with Gasteiger partial charge in [-0.05, 0) is 18.9 Å². The molecule has 2 atom stereocenters. The smallest absolute Gasteiger partial charge is 0.272 e. The van der Waals surface area contributed by atoms with Crippen LogP contribution in [0.4, 0.5) is 0 Å². The standard InChI is InChI=1S/C16H22N4O3S/c1-2-3-11-6-14(20-19-11)16(21)18-13-4-5-22-8-15(13)23-7-12-9-24-10-17-12/h6,9-10,13,15H,2-5,7-8H2,1H3,(H,18,21)(H,19,20)/t13-,15-/m1/s1. The molecule has 1 saturated heterocycles. The molecule has 0 aromatic carbocycles. The first-order valence-electron chi connectivity index (χ1n) is 8.18. The van der Waals surface area contributed by atoms with Crippen LogP contribution in [0.2, 0.25) is 0 Å². The van der Waals surface area contributed by atoms with E-state index < -0.39 is 0 Å². The SMILES string of the molecule is CCCc1cc(C(=O)N[C@@H]2CCOC[C@H]2OCc2cscn2)n[nH]1. The van der Waals surface area contributed by atoms with Gasteiger partial charge in [-0.15, -0.1) is 11.3 Å². The summed E-state index contributed by atoms with van der Waals surface area (Å²) >= 11 is 1.54. The Morgan fingerprint density at radius 3 is 3.29 bits per heavy atom. The summed E-state index contributed by atoms with van der Waals surface area (Å²) < 4.78 is 11.4. The molecule has 2 aromatic heterocycles. The first-order chi connectivity index (χ1) is 11.8. The van der Waals surface area contributed by atoms with Crippen LogP contribution in [-0.2, 0) is 22.5 Å². The van der Waals surface area contributed by atoms with E-state index in [1.807, 2.05) is 11.4 Å². The van der Waals surface area contributed by atoms with Gasteiger partial charge in [-0.3, -0.25) is 9.89 Å². The summed E-state index contributed by atoms with van der Waals surface area (Å²) in [6.45, 7) is 3.60. The molecule has 130 valence electrons. The fraction of sp³-hybridized carbons (Fsp3) is 0.562. The Balaban J connectivity index is 1.56. The third-order valence-electron chi connectivity index (χ3n) is 3.93. The minimum Gasteiger partial charge on any atom is -0.379 e. The minimum atomic E-state index is -0.182. The van der Waals surface area contributed by atoms with Crippen LogP contribution >= 0.6 is 11.3 Å². The molecule has 0 radical (unpaired) electrons. The maximum atomic E-state index is 12.4. The summed E-state index contributed by atoms with van der Waals surface area (Å²) in [4.78, 5) is 16.6. The molecule has 1 aliphatic heterocycles. The van der Waals surface area contributed by atoms with Gasteiger partial charge in [0.1, 0.15) is 11.8 Å². The summed E-state index contributed by atoms with van der Waals surface area (Å²) in [5.74, 6) is -0.178. The van der Waals surface area contributed by atoms with E-state index in [4.69, 9.17) is 9.47 Å². The third-order valence-corrected chi connectivity index (χ3v) is 4.57. The average Bonchev–Trinajstić information content (AvgIpc) is 3.26. The van der Waals surface area contributed by atoms with Crippen molar-refractivity contribution in [2.24, 2.45) is 0 Å². The Kier molecular flexibility index (Phi) is 5.95. The van der Waals surface area contributed by atoms with Gasteiger partial charge in [0, 0.05) is 17.7 Å². The maximum absolute atomic E-state index is 12.4. The van der Waals surface area contributed by atoms with Gasteiger partial charge in [-0.1, -0.05) is 13.3 Å². The van der Waals surface area contributed by atoms with Crippen molar-refractivity contribution >= 4 is 17.2 Å². The fourth-order valence-corrected chi connectivity index (χ4v) is 3.20. The van der Waals surface area contributed by atoms with E-state index in [0.29, 0.717) is 25.5 Å². The number of aromatic nitrogens is 3. The highest BCUT2D eigenvalue weighted by molar-refractivity contribution is 7.07. The Morgan fingerprint density at radius 1 is 1.58 bits per heavy atom. The first-order valence-corrected chi connectivity index (χ1v) is 9.12. The summed E-state index contributed by atoms with van der Waals surface area (Å²) in [5.41, 5.74) is 4.07. The van der Waals surface area contributed by atoms with E-state index in [1.165, 1.54) is 11.3 Å². The van der Waals surface area contributed by atoms with E-state index in [1.54, 1.807) is 5.51 Å². The van der Waals surface area contributed by atoms with E-state index in [9.17, 15) is 4.79 Å². The number of aromatic amines is 1. The predicted molar refractivity (Wildman–Crippen MR) is 90.0 cm³/mol. The molecule has 3 rings (SSSR count). The molecule has 3 heterocycles. The number of ether oxygens (including phenoxy) is 2. The number of thiazole rings is 1. The summed E-state index contributed by atoms with van der Waals surface area (Å²) in [5, 5.41) is 12.0. The predicted octanol–water partition coefficient (Wildman–Crippen LogP) is 1.92. The van der Waals surface area contributed by atoms with Crippen molar-refractivity contribution in [2.75, 3.05) is 13.2 Å². The Hall–Kier alpha value is -1.77. The van der Waals surface area contributed by atoms with Gasteiger partial charge in [0.25, 0.3) is 5.91 Å². The number of amides is 1. The Bertz CT molecular complexity index is 644. The number of hydrogen-bond acceptors (Lipinski definition) is 6. The van der Waals surface area contributed by atoms with E-state index in [0.717, 1.165) is 30.7 Å². The second kappa shape index (κ2) is 8.36. The van der Waals surface area contributed by atoms with Gasteiger partial charge in [0.15, 0.2) is 0 Å². The molecule has 0 bridgehead atoms. The highest BCUT2D eigenvalue weighted by Gasteiger charge is 2.29. The fourth-order valence-electron chi connectivity index (χ4n) is 2.66. The van der Waals surface area contributed by atoms with Crippen LogP contribution in [0.5, 0.6) is 0 Å². The molecule has 1 aliphatic rings. The van der Waals surface area contributed by atoms with Crippen molar-refractivity contribution in [1.29, 1.82) is 0 Å². The van der Waals surface area contributed by atoms with Crippen LogP contribution in [0, 0.1) is 0 Å². The number of carbonyl (C=O) groups is 1. The third kappa shape index (κ3) is 4.40. The molecule has 24 heavy (non-hydrogen) atoms. The lowest BCUT2D eigenvalue weighted by atomic mass is 10.1. The lowest BCUT2D eigenvalue weighted by Crippen LogP contribution is -2.50. The number of hydrogen-bond donors (Lipinski definition) is 2. The van der Waals surface area contributed by atoms with Gasteiger partial charge in [0.2, 0.25) is 0 Å². The second-order valence-electron chi connectivity index (χ2n) is 5.80. The Morgan fingerprint density at radius 2 is 2.50 bits per heavy atom. The molecule has 8 heteroatoms. The largest absolute Gasteiger partial charge is 0.379 e. The average molecular weight is 350 g/mol. The van der Waals surface area contributed by atoms with Crippen LogP contribution in [0.1, 0.15) is 41.6 Å². The van der Waals surface area contributed by atoms with Crippen LogP contribution in [-0.4, -0.2) is 46.4 Å². The molecule has 0 unspecified atom stereocenters. The number of H-pyrrole nitrogens is 1. The van der Waals surface area contributed by atoms with Crippen molar-refractivity contribution < 1.29 is 14.3 Å². The zero-order valence-electron chi connectivity index (χ0n) is 13.7. The molecule has 7 nitrogen and oxygen atoms in total. The van der Waals surface area contributed by atoms with Gasteiger partial charge in [-0.25, -0.2) is 4.98 Å². The number of nitrogens with one attached hydrogen (secondary N) is 2. The molecule has 0 saturated carbocycles. The molecular weight excluding hydrogens is 328 g/mol. The zero-order valence-corrected chi connectivity index (χ0v) is 14.5. The molecular formula is C16H22N4O3S. The molecule has 0 spiro atoms. The summed E-state index contributed by atoms with van der Waals surface area (Å²) in [6, 6.07) is 1.72. The van der Waals surface area contributed by atoms with Crippen LogP contribution in [0.3, 0.4) is 0 Å². The minimum absolute atomic E-state index is 0.0868. The number of nitrogens with zero attached hydrogens (tertiary/aromatic N) is 2. The van der Waals surface area contributed by atoms with Gasteiger partial charge in [0.05, 0.1) is 30.5 Å². The van der Waals surface area contributed by atoms with Crippen molar-refractivity contribution in [3.05, 3.63) is 34.0 Å². The highest BCUT2D eigenvalue weighted by Crippen LogP contribution is 2.15. The van der Waals surface area contributed by atoms with Crippen LogP contribution in [0.25, 0.3) is 0 Å². The highest BCUT2D eigenvalue weighted by atomic mass is 32.1. The van der Waals surface area contributed by atoms with Crippen LogP contribution in [0.15, 0.2) is 17.0 Å². The van der Waals surface area contributed by atoms with E-state index in [-0.39, 0.29) is 18.1 Å². The molecule has 1 amide bonds. The maximum Gasteiger partial charge on any atom is 0.272 e. The van der Waals surface area contributed by atoms with Gasteiger partial charge in [-0.2, -0.15) is 5.10 Å². The number of aryl methyl sites for hydroxylation is 1. The van der Waals surface area contributed by atoms with Crippen LogP contribution < -0.4 is 5.32 Å². The van der Waals surface area contributed by atoms with Crippen molar-refractivity contribution in [3.8, 4) is 0 Å². The monoisotopic (exact) mass is 350 g/mol. The van der Waals surface area contributed by atoms with E-state index in [2.05, 4.69) is 27.4 Å². The Labute approximate surface area is 144 Å². The topological polar surface area (TPSA) is 89.1 Å². The van der Waals surface area contributed by atoms with E-state index >= 15 is 0 Å². The van der Waals surface area contributed by atoms with Crippen molar-refractivity contribution in [2.45, 2.75) is 44.9 Å². The lowest BCUT2D eigenvalue weighted by molar-refractivity contribution is -0.0742. The summed E-state index contributed by atoms with van der Waals surface area (Å²) in [7, 11) is 0. The van der Waals surface area contributed by atoms with Crippen molar-refractivity contribution in [1.82, 2.24) is 20.5 Å². The number of rotatable bonds is 7. The first kappa shape index (κ1) is 17.1. The van der Waals surface area contributed by atoms with Gasteiger partial charge >= 0.3 is 0 Å². The molecule has 1 fully saturated rings. The quantitative estimate of drug-likeness (QED) is 0.796. The normalized spacial score (nSPS) is 20.9. The molecule has 2 N–H and O–H groups in total. The van der Waals surface area contributed by atoms with Crippen molar-refractivity contribution in [3.63, 3.8) is 0 Å². The zero-order chi connectivity index (χ0) is 16.8. The molecule has 2 aromatic rings. The number of carbonyl (C=O) groups excluding carboxylic acids is 1.